The standard InChI is InChI=1S/C22H23N5O3/c23-16-6-7-17-15(10-16)11-22(19(28)24-21(30)25-20(22)29)18-13-26(8-9-27(17)18)12-14-4-2-1-3-5-14/h1-7,10,18H,8-9,11-13,23H2,(H2,24,25,28,29,30)/t18-/m1/s1. The van der Waals surface area contributed by atoms with Crippen LogP contribution < -0.4 is 21.3 Å². The average Bonchev–Trinajstić information content (AvgIpc) is 2.72. The van der Waals surface area contributed by atoms with Gasteiger partial charge in [0.2, 0.25) is 11.8 Å². The van der Waals surface area contributed by atoms with Crippen molar-refractivity contribution in [3.63, 3.8) is 0 Å². The van der Waals surface area contributed by atoms with E-state index in [0.29, 0.717) is 18.8 Å². The molecule has 8 heteroatoms. The van der Waals surface area contributed by atoms with Gasteiger partial charge in [-0.2, -0.15) is 0 Å². The zero-order valence-electron chi connectivity index (χ0n) is 16.4. The van der Waals surface area contributed by atoms with Crippen LogP contribution in [0.1, 0.15) is 11.1 Å². The van der Waals surface area contributed by atoms with Crippen molar-refractivity contribution in [2.45, 2.75) is 19.0 Å². The number of hydrogen-bond donors (Lipinski definition) is 3. The van der Waals surface area contributed by atoms with Gasteiger partial charge in [0.15, 0.2) is 5.41 Å². The minimum atomic E-state index is -1.38. The molecule has 3 heterocycles. The lowest BCUT2D eigenvalue weighted by molar-refractivity contribution is -0.147. The number of carbonyl (C=O) groups excluding carboxylic acids is 3. The van der Waals surface area contributed by atoms with Crippen LogP contribution >= 0.6 is 0 Å². The number of barbiturate groups is 1. The van der Waals surface area contributed by atoms with Crippen LogP contribution in [-0.4, -0.2) is 48.4 Å². The molecule has 4 N–H and O–H groups in total. The first-order chi connectivity index (χ1) is 14.5. The topological polar surface area (TPSA) is 108 Å². The second-order valence-corrected chi connectivity index (χ2v) is 8.20. The number of hydrogen-bond acceptors (Lipinski definition) is 6. The highest BCUT2D eigenvalue weighted by molar-refractivity contribution is 6.20. The monoisotopic (exact) mass is 405 g/mol. The SMILES string of the molecule is Nc1ccc2c(c1)CC1(C(=O)NC(=O)NC1=O)[C@H]1CN(Cc3ccccc3)CCN21. The van der Waals surface area contributed by atoms with Crippen LogP contribution in [0.15, 0.2) is 48.5 Å². The molecular formula is C22H23N5O3. The predicted octanol–water partition coefficient (Wildman–Crippen LogP) is 0.868. The number of nitrogens with two attached hydrogens (primary N) is 1. The number of fused-ring (bicyclic) bond motifs is 4. The van der Waals surface area contributed by atoms with Crippen LogP contribution in [-0.2, 0) is 22.6 Å². The van der Waals surface area contributed by atoms with Gasteiger partial charge in [0.05, 0.1) is 6.04 Å². The molecule has 5 rings (SSSR count). The molecule has 3 aliphatic heterocycles. The molecule has 1 atom stereocenters. The number of nitrogen functional groups attached to an aromatic ring is 1. The molecule has 3 aliphatic rings. The van der Waals surface area contributed by atoms with E-state index in [0.717, 1.165) is 24.3 Å². The molecule has 8 nitrogen and oxygen atoms in total. The van der Waals surface area contributed by atoms with E-state index in [4.69, 9.17) is 5.73 Å². The Hall–Kier alpha value is -3.39. The van der Waals surface area contributed by atoms with Gasteiger partial charge >= 0.3 is 6.03 Å². The molecule has 0 radical (unpaired) electrons. The fraction of sp³-hybridized carbons (Fsp3) is 0.318. The summed E-state index contributed by atoms with van der Waals surface area (Å²) in [4.78, 5) is 42.4. The summed E-state index contributed by atoms with van der Waals surface area (Å²) < 4.78 is 0. The van der Waals surface area contributed by atoms with Crippen molar-refractivity contribution < 1.29 is 14.4 Å². The minimum Gasteiger partial charge on any atom is -0.399 e. The molecule has 0 saturated carbocycles. The Labute approximate surface area is 174 Å². The second kappa shape index (κ2) is 6.84. The van der Waals surface area contributed by atoms with Crippen molar-refractivity contribution >= 4 is 29.2 Å². The van der Waals surface area contributed by atoms with Crippen molar-refractivity contribution in [1.82, 2.24) is 15.5 Å². The molecule has 2 aromatic carbocycles. The van der Waals surface area contributed by atoms with Crippen LogP contribution in [0.5, 0.6) is 0 Å². The Bertz CT molecular complexity index is 1020. The fourth-order valence-corrected chi connectivity index (χ4v) is 5.01. The molecule has 0 unspecified atom stereocenters. The Morgan fingerprint density at radius 2 is 1.73 bits per heavy atom. The molecule has 2 aromatic rings. The van der Waals surface area contributed by atoms with Crippen LogP contribution in [0.4, 0.5) is 16.2 Å². The number of urea groups is 1. The molecule has 1 spiro atoms. The summed E-state index contributed by atoms with van der Waals surface area (Å²) in [6.45, 7) is 2.74. The lowest BCUT2D eigenvalue weighted by Gasteiger charge is -2.54. The summed E-state index contributed by atoms with van der Waals surface area (Å²) in [7, 11) is 0. The fourth-order valence-electron chi connectivity index (χ4n) is 5.01. The number of rotatable bonds is 2. The number of nitrogens with zero attached hydrogens (tertiary/aromatic N) is 2. The first kappa shape index (κ1) is 18.6. The summed E-state index contributed by atoms with van der Waals surface area (Å²) in [6, 6.07) is 14.6. The van der Waals surface area contributed by atoms with E-state index in [1.54, 1.807) is 0 Å². The predicted molar refractivity (Wildman–Crippen MR) is 112 cm³/mol. The number of nitrogens with one attached hydrogen (secondary N) is 2. The number of carbonyl (C=O) groups is 3. The Morgan fingerprint density at radius 3 is 2.47 bits per heavy atom. The van der Waals surface area contributed by atoms with E-state index in [2.05, 4.69) is 32.6 Å². The Morgan fingerprint density at radius 1 is 1.00 bits per heavy atom. The first-order valence-corrected chi connectivity index (χ1v) is 10.1. The molecule has 2 saturated heterocycles. The summed E-state index contributed by atoms with van der Waals surface area (Å²) in [6.07, 6.45) is 0.207. The molecule has 0 aromatic heterocycles. The molecule has 0 aliphatic carbocycles. The van der Waals surface area contributed by atoms with Crippen LogP contribution in [0, 0.1) is 5.41 Å². The third-order valence-corrected chi connectivity index (χ3v) is 6.43. The highest BCUT2D eigenvalue weighted by Gasteiger charge is 2.60. The van der Waals surface area contributed by atoms with Gasteiger partial charge in [0, 0.05) is 37.6 Å². The van der Waals surface area contributed by atoms with E-state index >= 15 is 0 Å². The number of benzene rings is 2. The van der Waals surface area contributed by atoms with Gasteiger partial charge in [-0.25, -0.2) is 4.79 Å². The van der Waals surface area contributed by atoms with Gasteiger partial charge in [0.25, 0.3) is 0 Å². The van der Waals surface area contributed by atoms with E-state index in [1.807, 2.05) is 36.4 Å². The molecule has 30 heavy (non-hydrogen) atoms. The summed E-state index contributed by atoms with van der Waals surface area (Å²) in [5, 5.41) is 4.65. The van der Waals surface area contributed by atoms with Crippen LogP contribution in [0.25, 0.3) is 0 Å². The van der Waals surface area contributed by atoms with Crippen molar-refractivity contribution in [2.75, 3.05) is 30.3 Å². The van der Waals surface area contributed by atoms with Crippen molar-refractivity contribution in [3.05, 3.63) is 59.7 Å². The highest BCUT2D eigenvalue weighted by atomic mass is 16.2. The second-order valence-electron chi connectivity index (χ2n) is 8.20. The van der Waals surface area contributed by atoms with Gasteiger partial charge in [-0.05, 0) is 35.7 Å². The smallest absolute Gasteiger partial charge is 0.328 e. The van der Waals surface area contributed by atoms with Gasteiger partial charge < -0.3 is 10.6 Å². The Kier molecular flexibility index (Phi) is 4.25. The molecule has 154 valence electrons. The lowest BCUT2D eigenvalue weighted by atomic mass is 9.68. The van der Waals surface area contributed by atoms with E-state index < -0.39 is 23.3 Å². The highest BCUT2D eigenvalue weighted by Crippen LogP contribution is 2.45. The number of piperazine rings is 1. The maximum Gasteiger partial charge on any atom is 0.328 e. The first-order valence-electron chi connectivity index (χ1n) is 10.1. The van der Waals surface area contributed by atoms with Crippen molar-refractivity contribution in [3.8, 4) is 0 Å². The van der Waals surface area contributed by atoms with Crippen LogP contribution in [0.3, 0.4) is 0 Å². The van der Waals surface area contributed by atoms with Crippen molar-refractivity contribution in [2.24, 2.45) is 5.41 Å². The molecule has 4 amide bonds. The summed E-state index contributed by atoms with van der Waals surface area (Å²) in [5.74, 6) is -1.08. The van der Waals surface area contributed by atoms with E-state index in [-0.39, 0.29) is 12.5 Å². The number of amides is 4. The molecular weight excluding hydrogens is 382 g/mol. The lowest BCUT2D eigenvalue weighted by Crippen LogP contribution is -2.74. The zero-order chi connectivity index (χ0) is 20.9. The summed E-state index contributed by atoms with van der Waals surface area (Å²) in [5.41, 5.74) is 8.21. The zero-order valence-corrected chi connectivity index (χ0v) is 16.4. The summed E-state index contributed by atoms with van der Waals surface area (Å²) >= 11 is 0. The van der Waals surface area contributed by atoms with Gasteiger partial charge in [-0.15, -0.1) is 0 Å². The number of imide groups is 2. The van der Waals surface area contributed by atoms with Gasteiger partial charge in [0.1, 0.15) is 0 Å². The molecule has 0 bridgehead atoms. The van der Waals surface area contributed by atoms with E-state index in [1.165, 1.54) is 5.56 Å². The van der Waals surface area contributed by atoms with Gasteiger partial charge in [-0.3, -0.25) is 25.1 Å². The third-order valence-electron chi connectivity index (χ3n) is 6.43. The quantitative estimate of drug-likeness (QED) is 0.506. The minimum absolute atomic E-state index is 0.207. The maximum atomic E-state index is 13.1. The van der Waals surface area contributed by atoms with Crippen molar-refractivity contribution in [1.29, 1.82) is 0 Å². The molecule has 2 fully saturated rings. The van der Waals surface area contributed by atoms with Gasteiger partial charge in [-0.1, -0.05) is 30.3 Å². The largest absolute Gasteiger partial charge is 0.399 e. The van der Waals surface area contributed by atoms with Crippen LogP contribution in [0.2, 0.25) is 0 Å². The third kappa shape index (κ3) is 2.83. The Balaban J connectivity index is 1.55. The average molecular weight is 405 g/mol. The normalized spacial score (nSPS) is 22.9. The number of anilines is 2. The van der Waals surface area contributed by atoms with E-state index in [9.17, 15) is 14.4 Å². The maximum absolute atomic E-state index is 13.1.